The summed E-state index contributed by atoms with van der Waals surface area (Å²) in [7, 11) is 0. The van der Waals surface area contributed by atoms with Gasteiger partial charge in [-0.3, -0.25) is 0 Å². The van der Waals surface area contributed by atoms with Crippen molar-refractivity contribution in [3.05, 3.63) is 53.1 Å². The maximum Gasteiger partial charge on any atom is 0.345 e. The molecule has 0 heterocycles. The van der Waals surface area contributed by atoms with Gasteiger partial charge in [-0.1, -0.05) is 0 Å². The molecule has 0 amide bonds. The number of esters is 1. The van der Waals surface area contributed by atoms with E-state index in [-0.39, 0.29) is 17.4 Å². The number of benzene rings is 1. The molecular formula is C15H10F5NO3. The van der Waals surface area contributed by atoms with Gasteiger partial charge < -0.3 is 9.47 Å². The van der Waals surface area contributed by atoms with Crippen molar-refractivity contribution in [3.8, 4) is 11.8 Å². The fourth-order valence-corrected chi connectivity index (χ4v) is 1.46. The highest BCUT2D eigenvalue weighted by molar-refractivity contribution is 5.90. The Morgan fingerprint density at radius 1 is 1.12 bits per heavy atom. The summed E-state index contributed by atoms with van der Waals surface area (Å²) in [6.45, 7) is 3.39. The number of carbonyl (C=O) groups excluding carboxylic acids is 1. The molecule has 0 fully saturated rings. The molecule has 0 N–H and O–H groups in total. The van der Waals surface area contributed by atoms with Gasteiger partial charge >= 0.3 is 18.1 Å². The summed E-state index contributed by atoms with van der Waals surface area (Å²) in [4.78, 5) is 11.6. The molecule has 0 aliphatic heterocycles. The van der Waals surface area contributed by atoms with Crippen LogP contribution >= 0.6 is 0 Å². The Morgan fingerprint density at radius 2 is 1.75 bits per heavy atom. The van der Waals surface area contributed by atoms with Crippen LogP contribution in [0.1, 0.15) is 29.8 Å². The molecule has 128 valence electrons. The van der Waals surface area contributed by atoms with Gasteiger partial charge in [0.15, 0.2) is 0 Å². The van der Waals surface area contributed by atoms with Crippen LogP contribution in [0.5, 0.6) is 5.75 Å². The second-order valence-corrected chi connectivity index (χ2v) is 4.54. The third kappa shape index (κ3) is 4.81. The number of nitrogens with zero attached hydrogens (tertiary/aromatic N) is 1. The first-order chi connectivity index (χ1) is 11.2. The maximum absolute atomic E-state index is 13.1. The molecular weight excluding hydrogens is 337 g/mol. The van der Waals surface area contributed by atoms with Gasteiger partial charge in [-0.15, -0.1) is 0 Å². The predicted octanol–water partition coefficient (Wildman–Crippen LogP) is 4.69. The SMILES string of the molecule is CC(C)Oc1ccc(C(=O)O/C(F)=C(\F)C(F)=C(F)F)cc1C#N. The van der Waals surface area contributed by atoms with Crippen LogP contribution in [-0.4, -0.2) is 12.1 Å². The largest absolute Gasteiger partial charge is 0.490 e. The molecule has 0 radical (unpaired) electrons. The number of hydrogen-bond acceptors (Lipinski definition) is 4. The monoisotopic (exact) mass is 347 g/mol. The first-order valence-electron chi connectivity index (χ1n) is 6.36. The molecule has 0 saturated heterocycles. The van der Waals surface area contributed by atoms with Crippen molar-refractivity contribution in [2.45, 2.75) is 20.0 Å². The van der Waals surface area contributed by atoms with E-state index < -0.39 is 35.3 Å². The van der Waals surface area contributed by atoms with Crippen LogP contribution in [0.15, 0.2) is 41.9 Å². The third-order valence-corrected chi connectivity index (χ3v) is 2.41. The van der Waals surface area contributed by atoms with Gasteiger partial charge in [0, 0.05) is 0 Å². The van der Waals surface area contributed by atoms with E-state index in [0.717, 1.165) is 12.1 Å². The minimum atomic E-state index is -3.11. The molecule has 24 heavy (non-hydrogen) atoms. The van der Waals surface area contributed by atoms with Crippen molar-refractivity contribution >= 4 is 5.97 Å². The summed E-state index contributed by atoms with van der Waals surface area (Å²) in [5.41, 5.74) is -0.486. The van der Waals surface area contributed by atoms with Crippen LogP contribution in [0, 0.1) is 11.3 Å². The normalized spacial score (nSPS) is 11.5. The third-order valence-electron chi connectivity index (χ3n) is 2.41. The van der Waals surface area contributed by atoms with E-state index >= 15 is 0 Å². The molecule has 0 spiro atoms. The topological polar surface area (TPSA) is 59.3 Å². The smallest absolute Gasteiger partial charge is 0.345 e. The van der Waals surface area contributed by atoms with Crippen molar-refractivity contribution in [1.29, 1.82) is 5.26 Å². The van der Waals surface area contributed by atoms with Gasteiger partial charge in [-0.25, -0.2) is 4.79 Å². The average Bonchev–Trinajstić information content (AvgIpc) is 2.52. The maximum atomic E-state index is 13.1. The fourth-order valence-electron chi connectivity index (χ4n) is 1.46. The van der Waals surface area contributed by atoms with Crippen molar-refractivity contribution in [2.24, 2.45) is 0 Å². The molecule has 4 nitrogen and oxygen atoms in total. The van der Waals surface area contributed by atoms with E-state index in [4.69, 9.17) is 10.00 Å². The minimum absolute atomic E-state index is 0.0936. The lowest BCUT2D eigenvalue weighted by Gasteiger charge is -2.11. The van der Waals surface area contributed by atoms with Gasteiger partial charge in [0.2, 0.25) is 11.7 Å². The number of hydrogen-bond donors (Lipinski definition) is 0. The standard InChI is InChI=1S/C15H10F5NO3/c1-7(2)23-10-4-3-8(5-9(10)6-21)15(22)24-14(20)12(17)11(16)13(18)19/h3-5,7H,1-2H3/b14-12-. The Bertz CT molecular complexity index is 746. The summed E-state index contributed by atoms with van der Waals surface area (Å²) < 4.78 is 71.3. The molecule has 0 unspecified atom stereocenters. The number of carbonyl (C=O) groups is 1. The van der Waals surface area contributed by atoms with Crippen molar-refractivity contribution in [2.75, 3.05) is 0 Å². The number of halogens is 5. The zero-order chi connectivity index (χ0) is 18.4. The number of ether oxygens (including phenoxy) is 2. The Kier molecular flexibility index (Phi) is 6.47. The quantitative estimate of drug-likeness (QED) is 0.336. The van der Waals surface area contributed by atoms with Crippen molar-refractivity contribution < 1.29 is 36.2 Å². The Balaban J connectivity index is 3.07. The minimum Gasteiger partial charge on any atom is -0.490 e. The molecule has 1 rings (SSSR count). The predicted molar refractivity (Wildman–Crippen MR) is 71.9 cm³/mol. The Labute approximate surface area is 133 Å². The lowest BCUT2D eigenvalue weighted by atomic mass is 10.1. The second kappa shape index (κ2) is 8.10. The summed E-state index contributed by atoms with van der Waals surface area (Å²) in [6.07, 6.45) is -3.38. The van der Waals surface area contributed by atoms with Crippen LogP contribution in [-0.2, 0) is 4.74 Å². The highest BCUT2D eigenvalue weighted by Crippen LogP contribution is 2.26. The van der Waals surface area contributed by atoms with Crippen LogP contribution in [0.25, 0.3) is 0 Å². The molecule has 0 saturated carbocycles. The molecule has 0 atom stereocenters. The molecule has 1 aromatic carbocycles. The number of rotatable bonds is 5. The second-order valence-electron chi connectivity index (χ2n) is 4.54. The van der Waals surface area contributed by atoms with Gasteiger partial charge in [-0.05, 0) is 32.0 Å². The highest BCUT2D eigenvalue weighted by atomic mass is 19.3. The van der Waals surface area contributed by atoms with Crippen LogP contribution < -0.4 is 4.74 Å². The number of nitriles is 1. The summed E-state index contributed by atoms with van der Waals surface area (Å²) in [5.74, 6) is -6.80. The zero-order valence-electron chi connectivity index (χ0n) is 12.4. The van der Waals surface area contributed by atoms with Crippen LogP contribution in [0.2, 0.25) is 0 Å². The number of allylic oxidation sites excluding steroid dienone is 2. The molecule has 0 bridgehead atoms. The van der Waals surface area contributed by atoms with Crippen molar-refractivity contribution in [1.82, 2.24) is 0 Å². The first kappa shape index (κ1) is 19.2. The van der Waals surface area contributed by atoms with E-state index in [9.17, 15) is 26.7 Å². The molecule has 9 heteroatoms. The zero-order valence-corrected chi connectivity index (χ0v) is 12.4. The summed E-state index contributed by atoms with van der Waals surface area (Å²) in [5, 5.41) is 8.98. The van der Waals surface area contributed by atoms with Crippen LogP contribution in [0.4, 0.5) is 22.0 Å². The molecule has 1 aromatic rings. The lowest BCUT2D eigenvalue weighted by molar-refractivity contribution is 0.0522. The summed E-state index contributed by atoms with van der Waals surface area (Å²) >= 11 is 0. The van der Waals surface area contributed by atoms with E-state index in [1.807, 2.05) is 0 Å². The highest BCUT2D eigenvalue weighted by Gasteiger charge is 2.22. The van der Waals surface area contributed by atoms with E-state index in [1.54, 1.807) is 19.9 Å². The van der Waals surface area contributed by atoms with E-state index in [1.165, 1.54) is 6.07 Å². The van der Waals surface area contributed by atoms with Crippen LogP contribution in [0.3, 0.4) is 0 Å². The van der Waals surface area contributed by atoms with E-state index in [2.05, 4.69) is 4.74 Å². The summed E-state index contributed by atoms with van der Waals surface area (Å²) in [6, 6.07) is 2.52. The van der Waals surface area contributed by atoms with Gasteiger partial charge in [0.05, 0.1) is 17.2 Å². The Morgan fingerprint density at radius 3 is 2.25 bits per heavy atom. The fraction of sp³-hybridized carbons (Fsp3) is 0.200. The molecule has 0 aliphatic rings. The van der Waals surface area contributed by atoms with Gasteiger partial charge in [0.25, 0.3) is 0 Å². The molecule has 0 aliphatic carbocycles. The average molecular weight is 347 g/mol. The van der Waals surface area contributed by atoms with Gasteiger partial charge in [-0.2, -0.15) is 27.2 Å². The lowest BCUT2D eigenvalue weighted by Crippen LogP contribution is -2.09. The Hall–Kier alpha value is -2.89. The van der Waals surface area contributed by atoms with Gasteiger partial charge in [0.1, 0.15) is 11.8 Å². The van der Waals surface area contributed by atoms with E-state index in [0.29, 0.717) is 0 Å². The van der Waals surface area contributed by atoms with Crippen molar-refractivity contribution in [3.63, 3.8) is 0 Å². The first-order valence-corrected chi connectivity index (χ1v) is 6.36. The molecule has 0 aromatic heterocycles.